The Morgan fingerprint density at radius 1 is 0.600 bits per heavy atom. The van der Waals surface area contributed by atoms with Crippen molar-refractivity contribution in [2.75, 3.05) is 23.8 Å². The number of azo groups is 2. The minimum atomic E-state index is -4.86. The van der Waals surface area contributed by atoms with Crippen LogP contribution in [-0.4, -0.2) is 105 Å². The molecule has 0 aliphatic rings. The van der Waals surface area contributed by atoms with Crippen LogP contribution < -0.4 is 25.2 Å². The predicted molar refractivity (Wildman–Crippen MR) is 284 cm³/mol. The second-order valence-corrected chi connectivity index (χ2v) is 19.5. The van der Waals surface area contributed by atoms with Gasteiger partial charge < -0.3 is 34.9 Å². The van der Waals surface area contributed by atoms with Crippen LogP contribution >= 0.6 is 23.2 Å². The molecule has 0 aromatic heterocycles. The first-order chi connectivity index (χ1) is 35.2. The molecule has 8 aromatic rings. The van der Waals surface area contributed by atoms with Crippen LogP contribution in [0.3, 0.4) is 0 Å². The number of hydrogen-bond donors (Lipinski definition) is 4. The third-order valence-electron chi connectivity index (χ3n) is 10.8. The van der Waals surface area contributed by atoms with Crippen molar-refractivity contribution in [3.8, 4) is 23.0 Å². The third kappa shape index (κ3) is 14.1. The fraction of sp³-hybridized carbons (Fsp3) is 0.115. The minimum absolute atomic E-state index is 0. The van der Waals surface area contributed by atoms with E-state index in [1.54, 1.807) is 104 Å². The molecule has 0 saturated heterocycles. The van der Waals surface area contributed by atoms with E-state index < -0.39 is 53.3 Å². The predicted octanol–water partition coefficient (Wildman–Crippen LogP) is 12.3. The number of anilines is 2. The summed E-state index contributed by atoms with van der Waals surface area (Å²) in [6, 6.07) is 35.2. The van der Waals surface area contributed by atoms with E-state index in [0.29, 0.717) is 68.8 Å². The van der Waals surface area contributed by atoms with Crippen LogP contribution in [0.5, 0.6) is 23.0 Å². The molecule has 0 atom stereocenters. The molecule has 0 heterocycles. The van der Waals surface area contributed by atoms with Gasteiger partial charge in [-0.05, 0) is 135 Å². The number of rotatable bonds is 14. The van der Waals surface area contributed by atoms with E-state index in [0.717, 1.165) is 12.1 Å². The summed E-state index contributed by atoms with van der Waals surface area (Å²) in [7, 11) is -9.47. The molecule has 2 amide bonds. The van der Waals surface area contributed by atoms with E-state index in [2.05, 4.69) is 31.1 Å². The zero-order valence-electron chi connectivity index (χ0n) is 40.2. The maximum absolute atomic E-state index is 13.3. The molecule has 75 heavy (non-hydrogen) atoms. The molecule has 8 rings (SSSR count). The van der Waals surface area contributed by atoms with Crippen molar-refractivity contribution in [1.82, 2.24) is 0 Å². The number of fused-ring (bicyclic) bond motifs is 2. The van der Waals surface area contributed by atoms with Crippen molar-refractivity contribution in [3.05, 3.63) is 166 Å². The molecule has 0 saturated carbocycles. The molecular weight excluding hydrogens is 1170 g/mol. The Morgan fingerprint density at radius 3 is 1.48 bits per heavy atom. The Bertz CT molecular complexity index is 3530. The maximum atomic E-state index is 13.3. The van der Waals surface area contributed by atoms with E-state index in [1.165, 1.54) is 31.2 Å². The van der Waals surface area contributed by atoms with Crippen molar-refractivity contribution >= 4 is 160 Å². The van der Waals surface area contributed by atoms with Crippen molar-refractivity contribution in [2.45, 2.75) is 37.5 Å². The SMILES string of the molecule is CCOc1ccc(NC(=O)c2cc3ccccc3c(N=Nc3cc(C)c(Cl)c(S(=O)(=O)O)c3)c2O)cc1.CCOc1ccc(NC(=O)c2cc3ccccc3c(N=Nc3cc(C)c(Cl)c(S(=O)(=O)[O-])c3)c2[O-])cc1.[Ba+2]. The molecular formula is C52H42BaCl2N6O12S2. The molecule has 0 bridgehead atoms. The first-order valence-electron chi connectivity index (χ1n) is 22.1. The van der Waals surface area contributed by atoms with Gasteiger partial charge in [-0.1, -0.05) is 77.5 Å². The summed E-state index contributed by atoms with van der Waals surface area (Å²) < 4.78 is 78.4. The zero-order valence-corrected chi connectivity index (χ0v) is 47.7. The molecule has 4 N–H and O–H groups in total. The van der Waals surface area contributed by atoms with Gasteiger partial charge in [-0.3, -0.25) is 14.1 Å². The average molecular weight is 1220 g/mol. The van der Waals surface area contributed by atoms with Gasteiger partial charge in [0.1, 0.15) is 32.2 Å². The molecule has 23 heteroatoms. The first-order valence-corrected chi connectivity index (χ1v) is 25.7. The largest absolute Gasteiger partial charge is 2.00 e. The summed E-state index contributed by atoms with van der Waals surface area (Å²) >= 11 is 12.0. The van der Waals surface area contributed by atoms with Gasteiger partial charge in [-0.2, -0.15) is 23.8 Å². The van der Waals surface area contributed by atoms with Crippen LogP contribution in [0.15, 0.2) is 164 Å². The normalized spacial score (nSPS) is 11.5. The van der Waals surface area contributed by atoms with Crippen LogP contribution in [-0.2, 0) is 20.2 Å². The van der Waals surface area contributed by atoms with E-state index in [1.807, 2.05) is 13.8 Å². The summed E-state index contributed by atoms with van der Waals surface area (Å²) in [6.07, 6.45) is 0. The van der Waals surface area contributed by atoms with Gasteiger partial charge in [0.05, 0.1) is 50.8 Å². The number of nitrogens with zero attached hydrogens (tertiary/aromatic N) is 4. The average Bonchev–Trinajstić information content (AvgIpc) is 3.36. The van der Waals surface area contributed by atoms with E-state index >= 15 is 0 Å². The second kappa shape index (κ2) is 25.0. The molecule has 18 nitrogen and oxygen atoms in total. The molecule has 0 aliphatic carbocycles. The van der Waals surface area contributed by atoms with Crippen LogP contribution in [0.4, 0.5) is 34.1 Å². The summed E-state index contributed by atoms with van der Waals surface area (Å²) in [6.45, 7) is 7.81. The monoisotopic (exact) mass is 1210 g/mol. The Kier molecular flexibility index (Phi) is 19.3. The number of hydrogen-bond acceptors (Lipinski definition) is 15. The maximum Gasteiger partial charge on any atom is 2.00 e. The van der Waals surface area contributed by atoms with Crippen molar-refractivity contribution in [2.24, 2.45) is 20.5 Å². The van der Waals surface area contributed by atoms with Crippen molar-refractivity contribution in [1.29, 1.82) is 0 Å². The number of aryl methyl sites for hydroxylation is 2. The van der Waals surface area contributed by atoms with Crippen LogP contribution in [0.1, 0.15) is 45.7 Å². The topological polar surface area (TPSA) is 281 Å². The van der Waals surface area contributed by atoms with Gasteiger partial charge in [0.15, 0.2) is 5.75 Å². The first kappa shape index (κ1) is 57.9. The smallest absolute Gasteiger partial charge is 0.870 e. The van der Waals surface area contributed by atoms with Crippen molar-refractivity contribution in [3.63, 3.8) is 0 Å². The van der Waals surface area contributed by atoms with Gasteiger partial charge in [0, 0.05) is 27.7 Å². The molecule has 8 aromatic carbocycles. The quantitative estimate of drug-likeness (QED) is 0.0449. The number of benzene rings is 8. The van der Waals surface area contributed by atoms with Crippen LogP contribution in [0.2, 0.25) is 10.0 Å². The van der Waals surface area contributed by atoms with Gasteiger partial charge in [-0.25, -0.2) is 8.42 Å². The van der Waals surface area contributed by atoms with E-state index in [-0.39, 0.29) is 92.8 Å². The number of carbonyl (C=O) groups excluding carboxylic acids is 2. The fourth-order valence-corrected chi connectivity index (χ4v) is 9.40. The zero-order chi connectivity index (χ0) is 53.5. The molecule has 0 aliphatic heterocycles. The second-order valence-electron chi connectivity index (χ2n) is 16.0. The third-order valence-corrected chi connectivity index (χ3v) is 13.8. The van der Waals surface area contributed by atoms with Crippen molar-refractivity contribution < 1.29 is 55.2 Å². The summed E-state index contributed by atoms with van der Waals surface area (Å²) in [5.74, 6) is -0.992. The number of phenolic OH excluding ortho intramolecular Hbond substituents is 1. The Labute approximate surface area is 481 Å². The number of aromatic hydroxyl groups is 1. The molecule has 380 valence electrons. The van der Waals surface area contributed by atoms with Crippen LogP contribution in [0.25, 0.3) is 21.5 Å². The van der Waals surface area contributed by atoms with Crippen LogP contribution in [0, 0.1) is 13.8 Å². The Hall–Kier alpha value is -6.41. The number of nitrogens with one attached hydrogen (secondary N) is 2. The van der Waals surface area contributed by atoms with Gasteiger partial charge in [-0.15, -0.1) is 5.11 Å². The molecule has 0 radical (unpaired) electrons. The summed E-state index contributed by atoms with van der Waals surface area (Å²) in [5.41, 5.74) is 1.39. The number of amides is 2. The van der Waals surface area contributed by atoms with E-state index in [4.69, 9.17) is 32.7 Å². The molecule has 0 unspecified atom stereocenters. The number of carbonyl (C=O) groups is 2. The van der Waals surface area contributed by atoms with Gasteiger partial charge >= 0.3 is 48.9 Å². The molecule has 0 spiro atoms. The number of ether oxygens (including phenoxy) is 2. The molecule has 0 fully saturated rings. The number of halogens is 2. The fourth-order valence-electron chi connectivity index (χ4n) is 7.31. The van der Waals surface area contributed by atoms with Gasteiger partial charge in [0.25, 0.3) is 21.9 Å². The standard InChI is InChI=1S/2C26H22ClN3O6S.Ba/c2*1-3-36-19-10-8-17(9-11-19)28-26(32)21-13-16-6-4-5-7-20(16)24(25(21)31)30-29-18-12-15(2)23(27)22(14-18)37(33,34)35;/h2*4-14,31H,3H2,1-2H3,(H,28,32)(H,33,34,35);/q;;+2/p-2. The number of phenols is 1. The van der Waals surface area contributed by atoms with E-state index in [9.17, 15) is 45.7 Å². The summed E-state index contributed by atoms with van der Waals surface area (Å²) in [4.78, 5) is 24.9. The summed E-state index contributed by atoms with van der Waals surface area (Å²) in [5, 5.41) is 47.8. The Balaban J connectivity index is 0.000000241. The Morgan fingerprint density at radius 2 is 1.01 bits per heavy atom. The van der Waals surface area contributed by atoms with Gasteiger partial charge in [0.2, 0.25) is 0 Å². The minimum Gasteiger partial charge on any atom is -0.870 e.